The summed E-state index contributed by atoms with van der Waals surface area (Å²) in [7, 11) is 0. The number of Topliss-reactive ketones (excluding diaryl/α,β-unsaturated/α-hetero) is 1. The Kier molecular flexibility index (Phi) is 7.73. The topological polar surface area (TPSA) is 136 Å². The van der Waals surface area contributed by atoms with Crippen molar-refractivity contribution >= 4 is 17.8 Å². The number of ketones is 1. The zero-order chi connectivity index (χ0) is 23.8. The number of rotatable bonds is 10. The van der Waals surface area contributed by atoms with Crippen LogP contribution in [0.1, 0.15) is 23.4 Å². The van der Waals surface area contributed by atoms with E-state index in [1.54, 1.807) is 30.3 Å². The summed E-state index contributed by atoms with van der Waals surface area (Å²) in [5.41, 5.74) is 0.415. The van der Waals surface area contributed by atoms with Gasteiger partial charge in [0.25, 0.3) is 0 Å². The molecule has 10 nitrogen and oxygen atoms in total. The standard InChI is InChI=1S/C21H19F2N5O5/c22-15-7-4-8-16(23)14(15)9-19-25-26-27-28(19)11-18(29)17(10-20(30)31)24-21(32)33-12-13-5-2-1-3-6-13/h1-8,17H,9-12H2,(H,24,32)(H,30,31). The number of alkyl carbamates (subject to hydrolysis) is 1. The molecule has 12 heteroatoms. The zero-order valence-electron chi connectivity index (χ0n) is 17.1. The molecule has 1 amide bonds. The van der Waals surface area contributed by atoms with Gasteiger partial charge in [-0.25, -0.2) is 18.3 Å². The van der Waals surface area contributed by atoms with E-state index in [4.69, 9.17) is 9.84 Å². The molecular weight excluding hydrogens is 440 g/mol. The molecule has 0 spiro atoms. The van der Waals surface area contributed by atoms with Crippen LogP contribution in [0.5, 0.6) is 0 Å². The van der Waals surface area contributed by atoms with Crippen LogP contribution in [0.3, 0.4) is 0 Å². The first-order valence-corrected chi connectivity index (χ1v) is 9.73. The molecule has 172 valence electrons. The number of amides is 1. The molecule has 2 aromatic carbocycles. The number of carbonyl (C=O) groups is 3. The average molecular weight is 459 g/mol. The van der Waals surface area contributed by atoms with Gasteiger partial charge < -0.3 is 15.2 Å². The van der Waals surface area contributed by atoms with Crippen LogP contribution in [-0.2, 0) is 33.9 Å². The van der Waals surface area contributed by atoms with Gasteiger partial charge in [0.1, 0.15) is 30.8 Å². The number of carboxylic acid groups (broad SMARTS) is 1. The maximum Gasteiger partial charge on any atom is 0.408 e. The second-order valence-corrected chi connectivity index (χ2v) is 6.95. The van der Waals surface area contributed by atoms with Crippen molar-refractivity contribution in [3.63, 3.8) is 0 Å². The summed E-state index contributed by atoms with van der Waals surface area (Å²) in [6.07, 6.45) is -2.03. The summed E-state index contributed by atoms with van der Waals surface area (Å²) >= 11 is 0. The van der Waals surface area contributed by atoms with E-state index in [0.717, 1.165) is 16.8 Å². The van der Waals surface area contributed by atoms with Crippen LogP contribution in [0.15, 0.2) is 48.5 Å². The number of carboxylic acids is 1. The second kappa shape index (κ2) is 10.9. The lowest BCUT2D eigenvalue weighted by Crippen LogP contribution is -2.44. The fourth-order valence-corrected chi connectivity index (χ4v) is 2.92. The van der Waals surface area contributed by atoms with E-state index in [1.807, 2.05) is 0 Å². The van der Waals surface area contributed by atoms with Crippen molar-refractivity contribution in [2.24, 2.45) is 0 Å². The molecule has 0 aliphatic carbocycles. The van der Waals surface area contributed by atoms with Gasteiger partial charge in [0.15, 0.2) is 11.6 Å². The van der Waals surface area contributed by atoms with Crippen molar-refractivity contribution in [2.45, 2.75) is 32.0 Å². The third kappa shape index (κ3) is 6.63. The Balaban J connectivity index is 1.66. The summed E-state index contributed by atoms with van der Waals surface area (Å²) in [5, 5.41) is 22.1. The molecule has 3 rings (SSSR count). The van der Waals surface area contributed by atoms with Crippen molar-refractivity contribution < 1.29 is 33.0 Å². The highest BCUT2D eigenvalue weighted by atomic mass is 19.1. The van der Waals surface area contributed by atoms with Gasteiger partial charge in [-0.15, -0.1) is 5.10 Å². The van der Waals surface area contributed by atoms with Crippen LogP contribution in [0.25, 0.3) is 0 Å². The van der Waals surface area contributed by atoms with Gasteiger partial charge in [0, 0.05) is 12.0 Å². The predicted octanol–water partition coefficient (Wildman–Crippen LogP) is 1.88. The lowest BCUT2D eigenvalue weighted by molar-refractivity contribution is -0.139. The highest BCUT2D eigenvalue weighted by Gasteiger charge is 2.26. The smallest absolute Gasteiger partial charge is 0.408 e. The maximum atomic E-state index is 13.9. The van der Waals surface area contributed by atoms with Crippen molar-refractivity contribution in [3.05, 3.63) is 77.1 Å². The molecule has 0 saturated heterocycles. The Morgan fingerprint density at radius 3 is 2.42 bits per heavy atom. The van der Waals surface area contributed by atoms with Crippen LogP contribution in [-0.4, -0.2) is 49.2 Å². The number of nitrogens with zero attached hydrogens (tertiary/aromatic N) is 4. The van der Waals surface area contributed by atoms with Gasteiger partial charge in [0.2, 0.25) is 0 Å². The fourth-order valence-electron chi connectivity index (χ4n) is 2.92. The Hall–Kier alpha value is -4.22. The molecule has 1 atom stereocenters. The molecule has 3 aromatic rings. The van der Waals surface area contributed by atoms with Crippen LogP contribution in [0.2, 0.25) is 0 Å². The maximum absolute atomic E-state index is 13.9. The SMILES string of the molecule is O=C(O)CC(NC(=O)OCc1ccccc1)C(=O)Cn1nnnc1Cc1c(F)cccc1F. The van der Waals surface area contributed by atoms with Gasteiger partial charge in [0.05, 0.1) is 6.42 Å². The number of halogens is 2. The molecule has 0 saturated carbocycles. The number of tetrazole rings is 1. The van der Waals surface area contributed by atoms with Crippen molar-refractivity contribution in [1.82, 2.24) is 25.5 Å². The largest absolute Gasteiger partial charge is 0.481 e. The van der Waals surface area contributed by atoms with Crippen molar-refractivity contribution in [2.75, 3.05) is 0 Å². The first kappa shape index (κ1) is 23.4. The third-order valence-corrected chi connectivity index (χ3v) is 4.58. The lowest BCUT2D eigenvalue weighted by Gasteiger charge is -2.16. The minimum Gasteiger partial charge on any atom is -0.481 e. The van der Waals surface area contributed by atoms with E-state index in [2.05, 4.69) is 20.8 Å². The number of ether oxygens (including phenoxy) is 1. The molecule has 0 aliphatic heterocycles. The molecule has 2 N–H and O–H groups in total. The molecular formula is C21H19F2N5O5. The van der Waals surface area contributed by atoms with E-state index < -0.39 is 48.5 Å². The Labute approximate surface area is 186 Å². The summed E-state index contributed by atoms with van der Waals surface area (Å²) in [5.74, 6) is -3.70. The highest BCUT2D eigenvalue weighted by molar-refractivity contribution is 5.90. The number of hydrogen-bond donors (Lipinski definition) is 2. The summed E-state index contributed by atoms with van der Waals surface area (Å²) in [4.78, 5) is 36.0. The first-order valence-electron chi connectivity index (χ1n) is 9.73. The summed E-state index contributed by atoms with van der Waals surface area (Å²) < 4.78 is 33.9. The summed E-state index contributed by atoms with van der Waals surface area (Å²) in [6, 6.07) is 10.7. The number of carbonyl (C=O) groups excluding carboxylic acids is 2. The van der Waals surface area contributed by atoms with Crippen LogP contribution >= 0.6 is 0 Å². The minimum atomic E-state index is -1.44. The van der Waals surface area contributed by atoms with E-state index >= 15 is 0 Å². The van der Waals surface area contributed by atoms with Gasteiger partial charge in [-0.3, -0.25) is 9.59 Å². The minimum absolute atomic E-state index is 0.0203. The molecule has 1 heterocycles. The number of aliphatic carboxylic acids is 1. The Bertz CT molecular complexity index is 1120. The Morgan fingerprint density at radius 1 is 1.06 bits per heavy atom. The predicted molar refractivity (Wildman–Crippen MR) is 108 cm³/mol. The molecule has 0 fully saturated rings. The Morgan fingerprint density at radius 2 is 1.76 bits per heavy atom. The normalized spacial score (nSPS) is 11.6. The molecule has 1 unspecified atom stereocenters. The second-order valence-electron chi connectivity index (χ2n) is 6.95. The van der Waals surface area contributed by atoms with Crippen LogP contribution in [0.4, 0.5) is 13.6 Å². The number of aromatic nitrogens is 4. The molecule has 0 bridgehead atoms. The highest BCUT2D eigenvalue weighted by Crippen LogP contribution is 2.15. The van der Waals surface area contributed by atoms with Crippen molar-refractivity contribution in [1.29, 1.82) is 0 Å². The molecule has 0 aliphatic rings. The van der Waals surface area contributed by atoms with Gasteiger partial charge in [-0.1, -0.05) is 36.4 Å². The van der Waals surface area contributed by atoms with Gasteiger partial charge in [-0.2, -0.15) is 0 Å². The quantitative estimate of drug-likeness (QED) is 0.469. The van der Waals surface area contributed by atoms with Crippen LogP contribution < -0.4 is 5.32 Å². The number of nitrogens with one attached hydrogen (secondary N) is 1. The van der Waals surface area contributed by atoms with Crippen LogP contribution in [0, 0.1) is 11.6 Å². The fraction of sp³-hybridized carbons (Fsp3) is 0.238. The molecule has 33 heavy (non-hydrogen) atoms. The average Bonchev–Trinajstić information content (AvgIpc) is 3.21. The third-order valence-electron chi connectivity index (χ3n) is 4.58. The number of benzene rings is 2. The molecule has 0 radical (unpaired) electrons. The van der Waals surface area contributed by atoms with Crippen molar-refractivity contribution in [3.8, 4) is 0 Å². The van der Waals surface area contributed by atoms with E-state index in [9.17, 15) is 23.2 Å². The van der Waals surface area contributed by atoms with E-state index in [1.165, 1.54) is 6.07 Å². The monoisotopic (exact) mass is 459 g/mol. The van der Waals surface area contributed by atoms with Gasteiger partial charge >= 0.3 is 12.1 Å². The zero-order valence-corrected chi connectivity index (χ0v) is 17.1. The summed E-state index contributed by atoms with van der Waals surface area (Å²) in [6.45, 7) is -0.610. The van der Waals surface area contributed by atoms with E-state index in [0.29, 0.717) is 5.56 Å². The molecule has 1 aromatic heterocycles. The lowest BCUT2D eigenvalue weighted by atomic mass is 10.1. The van der Waals surface area contributed by atoms with E-state index in [-0.39, 0.29) is 24.4 Å². The van der Waals surface area contributed by atoms with Gasteiger partial charge in [-0.05, 0) is 28.1 Å². The first-order chi connectivity index (χ1) is 15.8. The number of hydrogen-bond acceptors (Lipinski definition) is 7.